The minimum atomic E-state index is -1.07. The van der Waals surface area contributed by atoms with Gasteiger partial charge in [0, 0.05) is 0 Å². The summed E-state index contributed by atoms with van der Waals surface area (Å²) < 4.78 is 5.57. The number of carbonyl (C=O) groups is 2. The zero-order valence-corrected chi connectivity index (χ0v) is 8.40. The summed E-state index contributed by atoms with van der Waals surface area (Å²) in [5.41, 5.74) is 0.384. The van der Waals surface area contributed by atoms with E-state index in [0.717, 1.165) is 4.68 Å². The number of amides is 1. The summed E-state index contributed by atoms with van der Waals surface area (Å²) in [6.45, 7) is -0.354. The van der Waals surface area contributed by atoms with E-state index in [-0.39, 0.29) is 12.2 Å². The normalized spacial score (nSPS) is 10.1. The number of rotatable bonds is 4. The van der Waals surface area contributed by atoms with Crippen molar-refractivity contribution in [2.24, 2.45) is 0 Å². The van der Waals surface area contributed by atoms with Gasteiger partial charge in [-0.3, -0.25) is 9.59 Å². The predicted octanol–water partition coefficient (Wildman–Crippen LogP) is -0.397. The summed E-state index contributed by atoms with van der Waals surface area (Å²) in [6, 6.07) is 0. The second-order valence-electron chi connectivity index (χ2n) is 3.06. The van der Waals surface area contributed by atoms with Crippen LogP contribution in [0.1, 0.15) is 10.5 Å². The Morgan fingerprint density at radius 3 is 3.00 bits per heavy atom. The summed E-state index contributed by atoms with van der Waals surface area (Å²) >= 11 is 0. The van der Waals surface area contributed by atoms with Gasteiger partial charge >= 0.3 is 5.97 Å². The molecule has 0 aliphatic carbocycles. The van der Waals surface area contributed by atoms with E-state index in [2.05, 4.69) is 25.3 Å². The highest BCUT2D eigenvalue weighted by atomic mass is 16.5. The van der Waals surface area contributed by atoms with Crippen LogP contribution >= 0.6 is 0 Å². The van der Waals surface area contributed by atoms with E-state index in [9.17, 15) is 9.59 Å². The lowest BCUT2D eigenvalue weighted by Crippen LogP contribution is -2.12. The van der Waals surface area contributed by atoms with E-state index < -0.39 is 11.9 Å². The van der Waals surface area contributed by atoms with Crippen molar-refractivity contribution in [1.29, 1.82) is 0 Å². The lowest BCUT2D eigenvalue weighted by Gasteiger charge is -1.95. The molecule has 0 radical (unpaired) electrons. The zero-order valence-electron chi connectivity index (χ0n) is 8.40. The molecule has 0 atom stereocenters. The van der Waals surface area contributed by atoms with Crippen molar-refractivity contribution < 1.29 is 19.2 Å². The summed E-state index contributed by atoms with van der Waals surface area (Å²) in [5, 5.41) is 21.4. The van der Waals surface area contributed by atoms with Gasteiger partial charge in [0.15, 0.2) is 5.69 Å². The third-order valence-corrected chi connectivity index (χ3v) is 1.76. The molecule has 2 rings (SSSR count). The van der Waals surface area contributed by atoms with Crippen LogP contribution in [0.3, 0.4) is 0 Å². The zero-order chi connectivity index (χ0) is 12.3. The molecule has 0 saturated heterocycles. The van der Waals surface area contributed by atoms with Crippen molar-refractivity contribution >= 4 is 17.6 Å². The molecule has 0 aliphatic heterocycles. The molecule has 0 spiro atoms. The third kappa shape index (κ3) is 2.65. The topological polar surface area (TPSA) is 123 Å². The van der Waals surface area contributed by atoms with Crippen molar-refractivity contribution in [2.45, 2.75) is 6.54 Å². The number of aromatic nitrogens is 4. The summed E-state index contributed by atoms with van der Waals surface area (Å²) in [7, 11) is 0. The number of carboxylic acids is 1. The Bertz CT molecular complexity index is 532. The van der Waals surface area contributed by atoms with Gasteiger partial charge in [0.25, 0.3) is 5.91 Å². The van der Waals surface area contributed by atoms with Crippen LogP contribution in [-0.2, 0) is 11.3 Å². The highest BCUT2D eigenvalue weighted by molar-refractivity contribution is 6.02. The molecule has 0 aromatic carbocycles. The van der Waals surface area contributed by atoms with Gasteiger partial charge in [0.2, 0.25) is 0 Å². The fourth-order valence-electron chi connectivity index (χ4n) is 1.08. The number of aliphatic carboxylic acids is 1. The molecule has 0 fully saturated rings. The first kappa shape index (κ1) is 10.8. The van der Waals surface area contributed by atoms with Gasteiger partial charge in [-0.05, 0) is 0 Å². The molecule has 2 aromatic heterocycles. The van der Waals surface area contributed by atoms with Crippen molar-refractivity contribution in [3.63, 3.8) is 0 Å². The third-order valence-electron chi connectivity index (χ3n) is 1.76. The van der Waals surface area contributed by atoms with Crippen LogP contribution in [0.2, 0.25) is 0 Å². The molecule has 0 saturated carbocycles. The first-order valence-corrected chi connectivity index (χ1v) is 4.48. The molecule has 2 heterocycles. The lowest BCUT2D eigenvalue weighted by molar-refractivity contribution is -0.137. The Balaban J connectivity index is 2.04. The van der Waals surface area contributed by atoms with Gasteiger partial charge < -0.3 is 14.9 Å². The largest absolute Gasteiger partial charge is 0.480 e. The highest BCUT2D eigenvalue weighted by Crippen LogP contribution is 2.05. The smallest absolute Gasteiger partial charge is 0.325 e. The lowest BCUT2D eigenvalue weighted by atomic mass is 10.4. The molecular formula is C8H7N5O4. The van der Waals surface area contributed by atoms with Gasteiger partial charge in [-0.15, -0.1) is 5.10 Å². The van der Waals surface area contributed by atoms with Crippen LogP contribution in [-0.4, -0.2) is 37.1 Å². The summed E-state index contributed by atoms with van der Waals surface area (Å²) in [5.74, 6) is -1.59. The van der Waals surface area contributed by atoms with Crippen molar-refractivity contribution in [2.75, 3.05) is 5.32 Å². The second kappa shape index (κ2) is 4.43. The van der Waals surface area contributed by atoms with Gasteiger partial charge in [0.1, 0.15) is 18.5 Å². The van der Waals surface area contributed by atoms with E-state index in [4.69, 9.17) is 5.11 Å². The minimum absolute atomic E-state index is 0.00690. The first-order chi connectivity index (χ1) is 8.15. The number of nitrogens with one attached hydrogen (secondary N) is 1. The molecule has 17 heavy (non-hydrogen) atoms. The molecule has 9 heteroatoms. The summed E-state index contributed by atoms with van der Waals surface area (Å²) in [6.07, 6.45) is 3.80. The van der Waals surface area contributed by atoms with Gasteiger partial charge in [-0.1, -0.05) is 10.4 Å². The fourth-order valence-corrected chi connectivity index (χ4v) is 1.08. The molecule has 88 valence electrons. The van der Waals surface area contributed by atoms with Crippen molar-refractivity contribution in [1.82, 2.24) is 20.2 Å². The van der Waals surface area contributed by atoms with E-state index in [1.165, 1.54) is 18.7 Å². The highest BCUT2D eigenvalue weighted by Gasteiger charge is 2.12. The van der Waals surface area contributed by atoms with Crippen LogP contribution in [0.4, 0.5) is 5.69 Å². The Kier molecular flexibility index (Phi) is 2.81. The van der Waals surface area contributed by atoms with Crippen LogP contribution in [0, 0.1) is 0 Å². The molecule has 2 aromatic rings. The molecule has 9 nitrogen and oxygen atoms in total. The molecular weight excluding hydrogens is 230 g/mol. The van der Waals surface area contributed by atoms with Gasteiger partial charge in [-0.2, -0.15) is 0 Å². The van der Waals surface area contributed by atoms with Crippen molar-refractivity contribution in [3.8, 4) is 0 Å². The Labute approximate surface area is 94.0 Å². The standard InChI is InChI=1S/C8H7N5O4/c14-7(15)3-13-2-6(11-12-13)8(16)10-5-1-9-17-4-5/h1-2,4H,3H2,(H,10,16)(H,14,15). The van der Waals surface area contributed by atoms with Crippen LogP contribution < -0.4 is 5.32 Å². The van der Waals surface area contributed by atoms with Crippen LogP contribution in [0.15, 0.2) is 23.2 Å². The SMILES string of the molecule is O=C(O)Cn1cc(C(=O)Nc2cnoc2)nn1. The Morgan fingerprint density at radius 2 is 2.35 bits per heavy atom. The van der Waals surface area contributed by atoms with Crippen LogP contribution in [0.25, 0.3) is 0 Å². The maximum absolute atomic E-state index is 11.6. The predicted molar refractivity (Wildman–Crippen MR) is 52.1 cm³/mol. The van der Waals surface area contributed by atoms with E-state index in [1.807, 2.05) is 0 Å². The van der Waals surface area contributed by atoms with E-state index in [1.54, 1.807) is 0 Å². The van der Waals surface area contributed by atoms with Gasteiger partial charge in [-0.25, -0.2) is 4.68 Å². The number of anilines is 1. The molecule has 2 N–H and O–H groups in total. The molecule has 1 amide bonds. The van der Waals surface area contributed by atoms with Crippen LogP contribution in [0.5, 0.6) is 0 Å². The average Bonchev–Trinajstić information content (AvgIpc) is 2.87. The Morgan fingerprint density at radius 1 is 1.53 bits per heavy atom. The van der Waals surface area contributed by atoms with E-state index in [0.29, 0.717) is 5.69 Å². The second-order valence-corrected chi connectivity index (χ2v) is 3.06. The molecule has 0 bridgehead atoms. The maximum atomic E-state index is 11.6. The fraction of sp³-hybridized carbons (Fsp3) is 0.125. The molecule has 0 unspecified atom stereocenters. The first-order valence-electron chi connectivity index (χ1n) is 4.48. The number of hydrogen-bond donors (Lipinski definition) is 2. The van der Waals surface area contributed by atoms with Gasteiger partial charge in [0.05, 0.1) is 12.4 Å². The number of nitrogens with zero attached hydrogens (tertiary/aromatic N) is 4. The Hall–Kier alpha value is -2.71. The van der Waals surface area contributed by atoms with E-state index >= 15 is 0 Å². The quantitative estimate of drug-likeness (QED) is 0.741. The minimum Gasteiger partial charge on any atom is -0.480 e. The maximum Gasteiger partial charge on any atom is 0.325 e. The summed E-state index contributed by atoms with van der Waals surface area (Å²) in [4.78, 5) is 22.0. The number of carbonyl (C=O) groups excluding carboxylic acids is 1. The number of carboxylic acid groups (broad SMARTS) is 1. The monoisotopic (exact) mass is 237 g/mol. The molecule has 0 aliphatic rings. The average molecular weight is 237 g/mol. The van der Waals surface area contributed by atoms with Crippen molar-refractivity contribution in [3.05, 3.63) is 24.4 Å². The number of hydrogen-bond acceptors (Lipinski definition) is 6.